The van der Waals surface area contributed by atoms with Gasteiger partial charge in [0.15, 0.2) is 0 Å². The molecule has 0 saturated heterocycles. The maximum atomic E-state index is 2.31. The zero-order chi connectivity index (χ0) is 25.0. The van der Waals surface area contributed by atoms with E-state index in [0.717, 1.165) is 0 Å². The lowest BCUT2D eigenvalue weighted by atomic mass is 10.1. The van der Waals surface area contributed by atoms with Crippen molar-refractivity contribution in [2.24, 2.45) is 0 Å². The highest BCUT2D eigenvalue weighted by atomic mass is 32.1. The van der Waals surface area contributed by atoms with Crippen molar-refractivity contribution in [2.45, 2.75) is 78.1 Å². The molecule has 0 saturated carbocycles. The van der Waals surface area contributed by atoms with Gasteiger partial charge in [-0.05, 0) is 98.5 Å². The molecule has 190 valence electrons. The van der Waals surface area contributed by atoms with Gasteiger partial charge in [0, 0.05) is 39.0 Å². The Morgan fingerprint density at radius 2 is 0.833 bits per heavy atom. The number of thiophene rings is 4. The van der Waals surface area contributed by atoms with Gasteiger partial charge in [0.25, 0.3) is 0 Å². The third-order valence-corrected chi connectivity index (χ3v) is 10.8. The molecule has 0 spiro atoms. The van der Waals surface area contributed by atoms with Gasteiger partial charge in [-0.1, -0.05) is 52.4 Å². The zero-order valence-electron chi connectivity index (χ0n) is 21.6. The summed E-state index contributed by atoms with van der Waals surface area (Å²) in [6, 6.07) is 18.2. The molecule has 0 aliphatic rings. The second-order valence-electron chi connectivity index (χ2n) is 9.30. The maximum absolute atomic E-state index is 2.31. The van der Waals surface area contributed by atoms with E-state index in [-0.39, 0.29) is 0 Å². The topological polar surface area (TPSA) is 0 Å². The molecule has 0 fully saturated rings. The molecule has 0 unspecified atom stereocenters. The lowest BCUT2D eigenvalue weighted by molar-refractivity contribution is 0.670. The molecule has 0 aromatic carbocycles. The summed E-state index contributed by atoms with van der Waals surface area (Å²) in [7, 11) is 0. The third-order valence-electron chi connectivity index (χ3n) is 6.24. The Morgan fingerprint density at radius 1 is 0.444 bits per heavy atom. The molecule has 36 heavy (non-hydrogen) atoms. The van der Waals surface area contributed by atoms with Gasteiger partial charge in [0.2, 0.25) is 0 Å². The van der Waals surface area contributed by atoms with E-state index in [9.17, 15) is 0 Å². The van der Waals surface area contributed by atoms with Gasteiger partial charge < -0.3 is 0 Å². The largest absolute Gasteiger partial charge is 0.141 e. The van der Waals surface area contributed by atoms with Crippen LogP contribution >= 0.6 is 45.3 Å². The van der Waals surface area contributed by atoms with Crippen molar-refractivity contribution < 1.29 is 0 Å². The molecule has 0 radical (unpaired) electrons. The first-order valence-corrected chi connectivity index (χ1v) is 16.7. The van der Waals surface area contributed by atoms with Crippen molar-refractivity contribution in [3.63, 3.8) is 0 Å². The highest BCUT2D eigenvalue weighted by molar-refractivity contribution is 7.23. The molecule has 0 bridgehead atoms. The van der Waals surface area contributed by atoms with Crippen molar-refractivity contribution >= 4 is 69.7 Å². The van der Waals surface area contributed by atoms with E-state index in [0.29, 0.717) is 0 Å². The highest BCUT2D eigenvalue weighted by Crippen LogP contribution is 2.35. The molecule has 4 aromatic rings. The molecular formula is C32H38S4. The van der Waals surface area contributed by atoms with Gasteiger partial charge >= 0.3 is 0 Å². The van der Waals surface area contributed by atoms with Crippen LogP contribution in [0.2, 0.25) is 0 Å². The Balaban J connectivity index is 1.29. The van der Waals surface area contributed by atoms with Crippen molar-refractivity contribution in [2.75, 3.05) is 0 Å². The predicted molar refractivity (Wildman–Crippen MR) is 170 cm³/mol. The van der Waals surface area contributed by atoms with E-state index < -0.39 is 0 Å². The van der Waals surface area contributed by atoms with Crippen LogP contribution in [0.4, 0.5) is 0 Å². The molecule has 4 rings (SSSR count). The first-order valence-electron chi connectivity index (χ1n) is 13.5. The average Bonchev–Trinajstić information content (AvgIpc) is 3.69. The van der Waals surface area contributed by atoms with Crippen LogP contribution in [0.3, 0.4) is 0 Å². The second-order valence-corrected chi connectivity index (χ2v) is 13.9. The van der Waals surface area contributed by atoms with Crippen LogP contribution in [-0.2, 0) is 12.8 Å². The SMILES string of the molecule is CCCCCCc1ccc(/C=C/c2ccc(-c3ccc(/C=C/c4ccc(CCCCCC)s4)s3)s2)s1. The molecule has 4 heteroatoms. The Labute approximate surface area is 234 Å². The number of hydrogen-bond acceptors (Lipinski definition) is 4. The predicted octanol–water partition coefficient (Wildman–Crippen LogP) is 12.2. The van der Waals surface area contributed by atoms with Crippen LogP contribution in [-0.4, -0.2) is 0 Å². The minimum Gasteiger partial charge on any atom is -0.141 e. The van der Waals surface area contributed by atoms with Gasteiger partial charge in [0.05, 0.1) is 0 Å². The van der Waals surface area contributed by atoms with E-state index in [1.165, 1.54) is 103 Å². The number of rotatable bonds is 15. The fraction of sp³-hybridized carbons (Fsp3) is 0.375. The molecule has 0 atom stereocenters. The zero-order valence-corrected chi connectivity index (χ0v) is 24.9. The molecular weight excluding hydrogens is 513 g/mol. The van der Waals surface area contributed by atoms with Gasteiger partial charge in [-0.25, -0.2) is 0 Å². The summed E-state index contributed by atoms with van der Waals surface area (Å²) < 4.78 is 0. The Bertz CT molecular complexity index is 1130. The lowest BCUT2D eigenvalue weighted by Crippen LogP contribution is -1.80. The van der Waals surface area contributed by atoms with Crippen molar-refractivity contribution in [1.82, 2.24) is 0 Å². The molecule has 0 aliphatic carbocycles. The molecule has 4 heterocycles. The fourth-order valence-electron chi connectivity index (χ4n) is 4.17. The normalized spacial score (nSPS) is 11.9. The van der Waals surface area contributed by atoms with Crippen LogP contribution in [0, 0.1) is 0 Å². The standard InChI is InChI=1S/C32H38S4/c1-3-5-7-9-11-25-13-15-27(33-25)17-19-29-21-23-31(35-29)32-24-22-30(36-32)20-18-28-16-14-26(34-28)12-10-8-6-4-2/h13-24H,3-12H2,1-2H3/b19-17+,20-18+. The summed E-state index contributed by atoms with van der Waals surface area (Å²) in [6.45, 7) is 4.55. The minimum atomic E-state index is 1.23. The average molecular weight is 551 g/mol. The molecule has 0 nitrogen and oxygen atoms in total. The van der Waals surface area contributed by atoms with Gasteiger partial charge in [0.1, 0.15) is 0 Å². The second kappa shape index (κ2) is 14.9. The highest BCUT2D eigenvalue weighted by Gasteiger charge is 2.05. The molecule has 0 N–H and O–H groups in total. The summed E-state index contributed by atoms with van der Waals surface area (Å²) in [6.07, 6.45) is 22.2. The summed E-state index contributed by atoms with van der Waals surface area (Å²) >= 11 is 7.64. The van der Waals surface area contributed by atoms with Gasteiger partial charge in [-0.3, -0.25) is 0 Å². The Morgan fingerprint density at radius 3 is 1.25 bits per heavy atom. The number of hydrogen-bond donors (Lipinski definition) is 0. The minimum absolute atomic E-state index is 1.23. The van der Waals surface area contributed by atoms with E-state index in [1.54, 1.807) is 0 Å². The van der Waals surface area contributed by atoms with E-state index in [4.69, 9.17) is 0 Å². The van der Waals surface area contributed by atoms with Gasteiger partial charge in [-0.2, -0.15) is 0 Å². The van der Waals surface area contributed by atoms with Crippen molar-refractivity contribution in [1.29, 1.82) is 0 Å². The smallest absolute Gasteiger partial charge is 0.0449 e. The summed E-state index contributed by atoms with van der Waals surface area (Å²) in [5, 5.41) is 0. The summed E-state index contributed by atoms with van der Waals surface area (Å²) in [5.74, 6) is 0. The first-order chi connectivity index (χ1) is 17.7. The van der Waals surface area contributed by atoms with E-state index in [1.807, 2.05) is 45.3 Å². The van der Waals surface area contributed by atoms with Crippen molar-refractivity contribution in [3.8, 4) is 9.75 Å². The van der Waals surface area contributed by atoms with E-state index >= 15 is 0 Å². The maximum Gasteiger partial charge on any atom is 0.0449 e. The molecule has 0 amide bonds. The van der Waals surface area contributed by atoms with Crippen LogP contribution in [0.15, 0.2) is 48.5 Å². The Hall–Kier alpha value is -1.72. The summed E-state index contributed by atoms with van der Waals surface area (Å²) in [5.41, 5.74) is 0. The monoisotopic (exact) mass is 550 g/mol. The molecule has 0 aliphatic heterocycles. The first kappa shape index (κ1) is 27.3. The summed E-state index contributed by atoms with van der Waals surface area (Å²) in [4.78, 5) is 11.1. The van der Waals surface area contributed by atoms with E-state index in [2.05, 4.69) is 86.7 Å². The van der Waals surface area contributed by atoms with Crippen LogP contribution < -0.4 is 0 Å². The third kappa shape index (κ3) is 8.69. The van der Waals surface area contributed by atoms with Crippen LogP contribution in [0.25, 0.3) is 34.1 Å². The fourth-order valence-corrected chi connectivity index (χ4v) is 7.99. The van der Waals surface area contributed by atoms with Crippen molar-refractivity contribution in [3.05, 3.63) is 77.8 Å². The van der Waals surface area contributed by atoms with Crippen LogP contribution in [0.1, 0.15) is 94.5 Å². The quantitative estimate of drug-likeness (QED) is 0.129. The Kier molecular flexibility index (Phi) is 11.3. The molecule has 4 aromatic heterocycles. The van der Waals surface area contributed by atoms with Gasteiger partial charge in [-0.15, -0.1) is 45.3 Å². The number of aryl methyl sites for hydroxylation is 2. The number of unbranched alkanes of at least 4 members (excludes halogenated alkanes) is 6. The lowest BCUT2D eigenvalue weighted by Gasteiger charge is -1.96. The van der Waals surface area contributed by atoms with Crippen LogP contribution in [0.5, 0.6) is 0 Å².